The molecule has 3 aliphatic rings. The molecule has 0 atom stereocenters. The molecule has 2 aromatic rings. The predicted octanol–water partition coefficient (Wildman–Crippen LogP) is 6.21. The van der Waals surface area contributed by atoms with E-state index in [-0.39, 0.29) is 11.2 Å². The summed E-state index contributed by atoms with van der Waals surface area (Å²) in [6.07, 6.45) is 19.1. The van der Waals surface area contributed by atoms with E-state index in [9.17, 15) is 4.79 Å². The average molecular weight is 340 g/mol. The van der Waals surface area contributed by atoms with Crippen LogP contribution in [0.2, 0.25) is 0 Å². The van der Waals surface area contributed by atoms with Gasteiger partial charge in [0.15, 0.2) is 5.78 Å². The molecule has 0 unspecified atom stereocenters. The minimum Gasteiger partial charge on any atom is -0.460 e. The van der Waals surface area contributed by atoms with Gasteiger partial charge in [-0.1, -0.05) is 50.3 Å². The van der Waals surface area contributed by atoms with Crippen LogP contribution in [0.4, 0.5) is 0 Å². The Morgan fingerprint density at radius 3 is 2.65 bits per heavy atom. The first kappa shape index (κ1) is 15.4. The minimum absolute atomic E-state index is 0.0274. The van der Waals surface area contributed by atoms with E-state index < -0.39 is 0 Å². The van der Waals surface area contributed by atoms with Gasteiger partial charge in [-0.3, -0.25) is 4.79 Å². The summed E-state index contributed by atoms with van der Waals surface area (Å²) in [7, 11) is 0. The van der Waals surface area contributed by atoms with Crippen molar-refractivity contribution in [3.8, 4) is 0 Å². The van der Waals surface area contributed by atoms with Gasteiger partial charge in [0.2, 0.25) is 0 Å². The highest BCUT2D eigenvalue weighted by atomic mass is 16.3. The summed E-state index contributed by atoms with van der Waals surface area (Å²) < 4.78 is 6.31. The van der Waals surface area contributed by atoms with Gasteiger partial charge in [-0.15, -0.1) is 5.73 Å². The van der Waals surface area contributed by atoms with Gasteiger partial charge < -0.3 is 4.42 Å². The van der Waals surface area contributed by atoms with Gasteiger partial charge in [-0.05, 0) is 35.3 Å². The zero-order valence-corrected chi connectivity index (χ0v) is 15.1. The highest BCUT2D eigenvalue weighted by Crippen LogP contribution is 2.43. The fourth-order valence-electron chi connectivity index (χ4n) is 4.13. The second-order valence-electron chi connectivity index (χ2n) is 7.86. The number of hydrogen-bond donors (Lipinski definition) is 0. The third-order valence-electron chi connectivity index (χ3n) is 5.49. The summed E-state index contributed by atoms with van der Waals surface area (Å²) in [6, 6.07) is 0. The second kappa shape index (κ2) is 5.33. The highest BCUT2D eigenvalue weighted by Gasteiger charge is 2.30. The van der Waals surface area contributed by atoms with Gasteiger partial charge in [-0.2, -0.15) is 0 Å². The molecule has 128 valence electrons. The molecule has 1 heterocycles. The summed E-state index contributed by atoms with van der Waals surface area (Å²) in [6.45, 7) is 4.38. The van der Waals surface area contributed by atoms with Crippen molar-refractivity contribution in [2.75, 3.05) is 0 Å². The molecule has 0 spiro atoms. The Kier molecular flexibility index (Phi) is 3.16. The summed E-state index contributed by atoms with van der Waals surface area (Å²) in [5, 5.41) is 0.973. The van der Waals surface area contributed by atoms with Crippen LogP contribution in [0.25, 0.3) is 35.3 Å². The van der Waals surface area contributed by atoms with Crippen LogP contribution in [0, 0.1) is 5.41 Å². The Bertz CT molecular complexity index is 1120. The van der Waals surface area contributed by atoms with E-state index in [1.54, 1.807) is 0 Å². The van der Waals surface area contributed by atoms with E-state index in [1.165, 1.54) is 0 Å². The van der Waals surface area contributed by atoms with Crippen LogP contribution in [0.15, 0.2) is 34.5 Å². The van der Waals surface area contributed by atoms with Gasteiger partial charge >= 0.3 is 0 Å². The summed E-state index contributed by atoms with van der Waals surface area (Å²) >= 11 is 0. The smallest absolute Gasteiger partial charge is 0.167 e. The summed E-state index contributed by atoms with van der Waals surface area (Å²) in [5.74, 6) is 1.05. The molecule has 0 saturated carbocycles. The topological polar surface area (TPSA) is 30.2 Å². The Labute approximate surface area is 152 Å². The Hall–Kier alpha value is -2.83. The molecule has 3 aliphatic carbocycles. The van der Waals surface area contributed by atoms with E-state index >= 15 is 0 Å². The number of fused-ring (bicyclic) bond motifs is 8. The molecule has 2 nitrogen and oxygen atoms in total. The molecule has 0 aliphatic heterocycles. The number of carbonyl (C=O) groups is 1. The normalized spacial score (nSPS) is 19.2. The first-order chi connectivity index (χ1) is 12.6. The maximum Gasteiger partial charge on any atom is 0.167 e. The zero-order valence-electron chi connectivity index (χ0n) is 15.1. The van der Waals surface area contributed by atoms with Crippen LogP contribution in [0.1, 0.15) is 65.1 Å². The third kappa shape index (κ3) is 2.16. The number of benzene rings is 1. The lowest BCUT2D eigenvalue weighted by molar-refractivity contribution is 0.0971. The quantitative estimate of drug-likeness (QED) is 0.533. The van der Waals surface area contributed by atoms with Crippen molar-refractivity contribution < 1.29 is 9.21 Å². The maximum absolute atomic E-state index is 12.7. The van der Waals surface area contributed by atoms with E-state index in [1.807, 2.05) is 18.2 Å². The van der Waals surface area contributed by atoms with Crippen molar-refractivity contribution >= 4 is 41.1 Å². The monoisotopic (exact) mass is 340 g/mol. The number of allylic oxidation sites excluding steroid dienone is 4. The number of carbonyl (C=O) groups excluding carboxylic acids is 1. The molecule has 0 saturated heterocycles. The predicted molar refractivity (Wildman–Crippen MR) is 107 cm³/mol. The summed E-state index contributed by atoms with van der Waals surface area (Å²) in [5.41, 5.74) is 9.23. The molecular weight excluding hydrogens is 320 g/mol. The molecule has 0 amide bonds. The van der Waals surface area contributed by atoms with Crippen molar-refractivity contribution in [3.63, 3.8) is 0 Å². The van der Waals surface area contributed by atoms with Crippen molar-refractivity contribution in [1.82, 2.24) is 0 Å². The van der Waals surface area contributed by atoms with Crippen LogP contribution in [0.5, 0.6) is 0 Å². The fourth-order valence-corrected chi connectivity index (χ4v) is 4.13. The fraction of sp³-hybridized carbons (Fsp3) is 0.250. The SMILES string of the molecule is CC1(C)C=Cc2c3c(c4c5c(oc4c2C=C1)CCCC5=O)C=CC=C=C3. The second-order valence-corrected chi connectivity index (χ2v) is 7.86. The van der Waals surface area contributed by atoms with Gasteiger partial charge in [0.1, 0.15) is 11.3 Å². The molecule has 5 rings (SSSR count). The Balaban J connectivity index is 1.99. The molecular formula is C24H20O2. The van der Waals surface area contributed by atoms with Crippen molar-refractivity contribution in [2.24, 2.45) is 5.41 Å². The van der Waals surface area contributed by atoms with Gasteiger partial charge in [-0.25, -0.2) is 0 Å². The van der Waals surface area contributed by atoms with Crippen LogP contribution < -0.4 is 0 Å². The lowest BCUT2D eigenvalue weighted by Gasteiger charge is -2.13. The maximum atomic E-state index is 12.7. The molecule has 1 aromatic carbocycles. The van der Waals surface area contributed by atoms with Gasteiger partial charge in [0.25, 0.3) is 0 Å². The first-order valence-electron chi connectivity index (χ1n) is 9.21. The Morgan fingerprint density at radius 2 is 1.81 bits per heavy atom. The van der Waals surface area contributed by atoms with Crippen LogP contribution >= 0.6 is 0 Å². The van der Waals surface area contributed by atoms with Crippen molar-refractivity contribution in [2.45, 2.75) is 33.1 Å². The van der Waals surface area contributed by atoms with Crippen LogP contribution in [-0.4, -0.2) is 5.78 Å². The van der Waals surface area contributed by atoms with Crippen molar-refractivity contribution in [1.29, 1.82) is 0 Å². The number of aryl methyl sites for hydroxylation is 1. The molecule has 0 bridgehead atoms. The number of Topliss-reactive ketones (excluding diaryl/α,β-unsaturated/α-hetero) is 1. The first-order valence-corrected chi connectivity index (χ1v) is 9.21. The molecule has 26 heavy (non-hydrogen) atoms. The minimum atomic E-state index is -0.0274. The molecule has 0 fully saturated rings. The molecule has 0 N–H and O–H groups in total. The Morgan fingerprint density at radius 1 is 1.00 bits per heavy atom. The molecule has 1 aromatic heterocycles. The van der Waals surface area contributed by atoms with Crippen LogP contribution in [-0.2, 0) is 6.42 Å². The average Bonchev–Trinajstić information content (AvgIpc) is 2.74. The van der Waals surface area contributed by atoms with E-state index in [0.29, 0.717) is 6.42 Å². The van der Waals surface area contributed by atoms with Crippen LogP contribution in [0.3, 0.4) is 0 Å². The van der Waals surface area contributed by atoms with Gasteiger partial charge in [0.05, 0.1) is 5.56 Å². The number of ketones is 1. The standard InChI is InChI=1S/C24H20O2/c1-24(2)13-11-16-15-7-4-3-5-8-17(15)21-22-19(25)9-6-10-20(22)26-23(21)18(16)12-14-24/h3,5,7-8,11-14H,6,9-10H2,1-2H3. The highest BCUT2D eigenvalue weighted by molar-refractivity contribution is 6.15. The third-order valence-corrected chi connectivity index (χ3v) is 5.49. The summed E-state index contributed by atoms with van der Waals surface area (Å²) in [4.78, 5) is 12.7. The molecule has 0 radical (unpaired) electrons. The van der Waals surface area contributed by atoms with E-state index in [2.05, 4.69) is 50.0 Å². The van der Waals surface area contributed by atoms with Crippen molar-refractivity contribution in [3.05, 3.63) is 63.6 Å². The lowest BCUT2D eigenvalue weighted by atomic mass is 9.87. The molecule has 2 heteroatoms. The number of rotatable bonds is 0. The zero-order chi connectivity index (χ0) is 17.9. The van der Waals surface area contributed by atoms with Gasteiger partial charge in [0, 0.05) is 29.2 Å². The number of hydrogen-bond acceptors (Lipinski definition) is 2. The number of furan rings is 1. The van der Waals surface area contributed by atoms with E-state index in [4.69, 9.17) is 4.42 Å². The van der Waals surface area contributed by atoms with E-state index in [0.717, 1.165) is 57.4 Å². The largest absolute Gasteiger partial charge is 0.460 e. The lowest BCUT2D eigenvalue weighted by Crippen LogP contribution is -2.08.